The normalized spacial score (nSPS) is 10.5. The van der Waals surface area contributed by atoms with E-state index in [1.807, 2.05) is 19.2 Å². The average Bonchev–Trinajstić information content (AvgIpc) is 2.98. The molecule has 0 saturated carbocycles. The summed E-state index contributed by atoms with van der Waals surface area (Å²) in [6.45, 7) is 0.306. The molecule has 0 aliphatic rings. The molecule has 0 spiro atoms. The molecule has 2 heterocycles. The van der Waals surface area contributed by atoms with Crippen LogP contribution in [0.5, 0.6) is 0 Å². The number of amides is 1. The molecule has 0 atom stereocenters. The van der Waals surface area contributed by atoms with Gasteiger partial charge in [0.15, 0.2) is 5.82 Å². The van der Waals surface area contributed by atoms with Gasteiger partial charge in [0, 0.05) is 30.0 Å². The number of nitrogens with one attached hydrogen (secondary N) is 1. The molecule has 23 heavy (non-hydrogen) atoms. The van der Waals surface area contributed by atoms with Gasteiger partial charge in [0.25, 0.3) is 5.91 Å². The van der Waals surface area contributed by atoms with Crippen molar-refractivity contribution in [2.45, 2.75) is 6.54 Å². The summed E-state index contributed by atoms with van der Waals surface area (Å²) in [4.78, 5) is 16.4. The van der Waals surface area contributed by atoms with Gasteiger partial charge in [-0.15, -0.1) is 10.2 Å². The van der Waals surface area contributed by atoms with Crippen molar-refractivity contribution in [2.24, 2.45) is 7.05 Å². The molecule has 1 N–H and O–H groups in total. The second-order valence-electron chi connectivity index (χ2n) is 5.01. The third kappa shape index (κ3) is 3.54. The van der Waals surface area contributed by atoms with Gasteiger partial charge in [0.2, 0.25) is 0 Å². The first kappa shape index (κ1) is 15.2. The maximum atomic E-state index is 12.3. The van der Waals surface area contributed by atoms with Crippen molar-refractivity contribution in [3.63, 3.8) is 0 Å². The number of carbonyl (C=O) groups is 1. The standard InChI is InChI=1S/C16H14ClN5O/c1-22-10-20-21-15(22)9-19-16(23)13-6-12(7-18-8-13)11-2-4-14(17)5-3-11/h2-8,10H,9H2,1H3,(H,19,23). The number of hydrogen-bond acceptors (Lipinski definition) is 4. The van der Waals surface area contributed by atoms with Gasteiger partial charge in [0.05, 0.1) is 12.1 Å². The molecule has 0 bridgehead atoms. The molecular weight excluding hydrogens is 314 g/mol. The second kappa shape index (κ2) is 6.58. The molecule has 0 unspecified atom stereocenters. The van der Waals surface area contributed by atoms with Crippen LogP contribution in [0.25, 0.3) is 11.1 Å². The van der Waals surface area contributed by atoms with Crippen molar-refractivity contribution < 1.29 is 4.79 Å². The highest BCUT2D eigenvalue weighted by Gasteiger charge is 2.09. The molecule has 1 aromatic carbocycles. The Morgan fingerprint density at radius 1 is 1.22 bits per heavy atom. The number of rotatable bonds is 4. The molecule has 1 amide bonds. The fourth-order valence-corrected chi connectivity index (χ4v) is 2.22. The first-order chi connectivity index (χ1) is 11.1. The number of aromatic nitrogens is 4. The summed E-state index contributed by atoms with van der Waals surface area (Å²) < 4.78 is 1.75. The number of halogens is 1. The van der Waals surface area contributed by atoms with Gasteiger partial charge in [-0.05, 0) is 23.8 Å². The van der Waals surface area contributed by atoms with Crippen molar-refractivity contribution in [1.29, 1.82) is 0 Å². The van der Waals surface area contributed by atoms with Crippen molar-refractivity contribution in [3.05, 3.63) is 65.5 Å². The molecule has 3 aromatic rings. The van der Waals surface area contributed by atoms with E-state index in [9.17, 15) is 4.79 Å². The number of aryl methyl sites for hydroxylation is 1. The summed E-state index contributed by atoms with van der Waals surface area (Å²) in [5.74, 6) is 0.469. The third-order valence-electron chi connectivity index (χ3n) is 3.39. The Hall–Kier alpha value is -2.73. The lowest BCUT2D eigenvalue weighted by atomic mass is 10.1. The van der Waals surface area contributed by atoms with Crippen molar-refractivity contribution in [3.8, 4) is 11.1 Å². The summed E-state index contributed by atoms with van der Waals surface area (Å²) in [5, 5.41) is 11.2. The molecule has 6 nitrogen and oxygen atoms in total. The van der Waals surface area contributed by atoms with E-state index in [2.05, 4.69) is 20.5 Å². The quantitative estimate of drug-likeness (QED) is 0.799. The van der Waals surface area contributed by atoms with Crippen molar-refractivity contribution >= 4 is 17.5 Å². The monoisotopic (exact) mass is 327 g/mol. The Morgan fingerprint density at radius 2 is 2.00 bits per heavy atom. The number of carbonyl (C=O) groups excluding carboxylic acids is 1. The van der Waals surface area contributed by atoms with Crippen molar-refractivity contribution in [1.82, 2.24) is 25.1 Å². The van der Waals surface area contributed by atoms with Crippen LogP contribution in [-0.2, 0) is 13.6 Å². The maximum absolute atomic E-state index is 12.3. The fourth-order valence-electron chi connectivity index (χ4n) is 2.09. The van der Waals surface area contributed by atoms with E-state index in [0.29, 0.717) is 23.0 Å². The molecule has 2 aromatic heterocycles. The van der Waals surface area contributed by atoms with Gasteiger partial charge < -0.3 is 9.88 Å². The molecule has 0 saturated heterocycles. The summed E-state index contributed by atoms with van der Waals surface area (Å²) in [6.07, 6.45) is 4.83. The second-order valence-corrected chi connectivity index (χ2v) is 5.45. The van der Waals surface area contributed by atoms with Crippen LogP contribution in [-0.4, -0.2) is 25.7 Å². The van der Waals surface area contributed by atoms with E-state index in [0.717, 1.165) is 11.1 Å². The Labute approximate surface area is 138 Å². The van der Waals surface area contributed by atoms with Gasteiger partial charge in [-0.25, -0.2) is 0 Å². The molecule has 0 aliphatic carbocycles. The van der Waals surface area contributed by atoms with E-state index < -0.39 is 0 Å². The van der Waals surface area contributed by atoms with E-state index in [1.54, 1.807) is 35.3 Å². The highest BCUT2D eigenvalue weighted by Crippen LogP contribution is 2.21. The van der Waals surface area contributed by atoms with E-state index in [4.69, 9.17) is 11.6 Å². The lowest BCUT2D eigenvalue weighted by Gasteiger charge is -2.07. The molecule has 0 aliphatic heterocycles. The van der Waals surface area contributed by atoms with Crippen LogP contribution in [0.4, 0.5) is 0 Å². The summed E-state index contributed by atoms with van der Waals surface area (Å²) in [5.41, 5.74) is 2.29. The van der Waals surface area contributed by atoms with Gasteiger partial charge in [-0.1, -0.05) is 23.7 Å². The average molecular weight is 328 g/mol. The van der Waals surface area contributed by atoms with Crippen LogP contribution in [0.1, 0.15) is 16.2 Å². The van der Waals surface area contributed by atoms with Crippen LogP contribution in [0.15, 0.2) is 49.1 Å². The van der Waals surface area contributed by atoms with E-state index in [1.165, 1.54) is 6.20 Å². The first-order valence-corrected chi connectivity index (χ1v) is 7.33. The third-order valence-corrected chi connectivity index (χ3v) is 3.64. The lowest BCUT2D eigenvalue weighted by molar-refractivity contribution is 0.0949. The first-order valence-electron chi connectivity index (χ1n) is 6.95. The highest BCUT2D eigenvalue weighted by molar-refractivity contribution is 6.30. The summed E-state index contributed by atoms with van der Waals surface area (Å²) in [6, 6.07) is 9.18. The largest absolute Gasteiger partial charge is 0.345 e. The van der Waals surface area contributed by atoms with Gasteiger partial charge in [0.1, 0.15) is 6.33 Å². The Balaban J connectivity index is 1.75. The zero-order chi connectivity index (χ0) is 16.2. The van der Waals surface area contributed by atoms with Crippen LogP contribution in [0.2, 0.25) is 5.02 Å². The van der Waals surface area contributed by atoms with Gasteiger partial charge >= 0.3 is 0 Å². The molecular formula is C16H14ClN5O. The zero-order valence-corrected chi connectivity index (χ0v) is 13.2. The predicted molar refractivity (Wildman–Crippen MR) is 86.9 cm³/mol. The minimum Gasteiger partial charge on any atom is -0.345 e. The Bertz CT molecular complexity index is 828. The smallest absolute Gasteiger partial charge is 0.253 e. The highest BCUT2D eigenvalue weighted by atomic mass is 35.5. The van der Waals surface area contributed by atoms with Gasteiger partial charge in [-0.3, -0.25) is 9.78 Å². The minimum atomic E-state index is -0.212. The maximum Gasteiger partial charge on any atom is 0.253 e. The van der Waals surface area contributed by atoms with E-state index >= 15 is 0 Å². The fraction of sp³-hybridized carbons (Fsp3) is 0.125. The summed E-state index contributed by atoms with van der Waals surface area (Å²) >= 11 is 5.89. The number of nitrogens with zero attached hydrogens (tertiary/aromatic N) is 4. The van der Waals surface area contributed by atoms with Crippen LogP contribution in [0, 0.1) is 0 Å². The molecule has 3 rings (SSSR count). The molecule has 0 radical (unpaired) electrons. The van der Waals surface area contributed by atoms with Gasteiger partial charge in [-0.2, -0.15) is 0 Å². The number of benzene rings is 1. The minimum absolute atomic E-state index is 0.212. The Morgan fingerprint density at radius 3 is 2.70 bits per heavy atom. The molecule has 0 fully saturated rings. The van der Waals surface area contributed by atoms with E-state index in [-0.39, 0.29) is 5.91 Å². The zero-order valence-electron chi connectivity index (χ0n) is 12.4. The molecule has 116 valence electrons. The van der Waals surface area contributed by atoms with Crippen LogP contribution < -0.4 is 5.32 Å². The number of pyridine rings is 1. The Kier molecular flexibility index (Phi) is 4.34. The van der Waals surface area contributed by atoms with Crippen LogP contribution >= 0.6 is 11.6 Å². The van der Waals surface area contributed by atoms with Crippen LogP contribution in [0.3, 0.4) is 0 Å². The predicted octanol–water partition coefficient (Wildman–Crippen LogP) is 2.46. The summed E-state index contributed by atoms with van der Waals surface area (Å²) in [7, 11) is 1.82. The van der Waals surface area contributed by atoms with Crippen molar-refractivity contribution in [2.75, 3.05) is 0 Å². The topological polar surface area (TPSA) is 72.7 Å². The molecule has 7 heteroatoms. The number of hydrogen-bond donors (Lipinski definition) is 1. The SMILES string of the molecule is Cn1cnnc1CNC(=O)c1cncc(-c2ccc(Cl)cc2)c1. The lowest BCUT2D eigenvalue weighted by Crippen LogP contribution is -2.24.